The van der Waals surface area contributed by atoms with Crippen LogP contribution in [0.5, 0.6) is 0 Å². The van der Waals surface area contributed by atoms with Crippen LogP contribution in [-0.2, 0) is 0 Å². The van der Waals surface area contributed by atoms with E-state index in [1.807, 2.05) is 30.3 Å². The molecule has 4 heteroatoms. The molecule has 76 valence electrons. The van der Waals surface area contributed by atoms with Crippen LogP contribution in [0.3, 0.4) is 0 Å². The average molecular weight is 201 g/mol. The minimum absolute atomic E-state index is 0.0908. The van der Waals surface area contributed by atoms with Crippen LogP contribution >= 0.6 is 0 Å². The Morgan fingerprint density at radius 1 is 1.07 bits per heavy atom. The first kappa shape index (κ1) is 9.37. The summed E-state index contributed by atoms with van der Waals surface area (Å²) in [5, 5.41) is 0. The second-order valence-electron chi connectivity index (χ2n) is 3.48. The largest absolute Gasteiger partial charge is 0.395 e. The van der Waals surface area contributed by atoms with Gasteiger partial charge >= 0.3 is 6.18 Å². The predicted octanol–water partition coefficient (Wildman–Crippen LogP) is 2.69. The molecule has 0 aromatic heterocycles. The van der Waals surface area contributed by atoms with Crippen LogP contribution in [0.25, 0.3) is 0 Å². The van der Waals surface area contributed by atoms with Crippen molar-refractivity contribution in [1.82, 2.24) is 0 Å². The maximum atomic E-state index is 12.2. The van der Waals surface area contributed by atoms with E-state index in [4.69, 9.17) is 0 Å². The molecule has 1 saturated heterocycles. The van der Waals surface area contributed by atoms with E-state index in [9.17, 15) is 13.2 Å². The lowest BCUT2D eigenvalue weighted by Gasteiger charge is -2.41. The summed E-state index contributed by atoms with van der Waals surface area (Å²) in [6.45, 7) is 0.182. The molecular formula is C10H10F3N. The highest BCUT2D eigenvalue weighted by molar-refractivity contribution is 5.48. The Labute approximate surface area is 80.1 Å². The highest BCUT2D eigenvalue weighted by Crippen LogP contribution is 2.35. The Bertz CT molecular complexity index is 301. The molecule has 1 aromatic rings. The quantitative estimate of drug-likeness (QED) is 0.675. The molecule has 14 heavy (non-hydrogen) atoms. The molecule has 0 saturated carbocycles. The van der Waals surface area contributed by atoms with Crippen molar-refractivity contribution < 1.29 is 13.2 Å². The molecule has 0 amide bonds. The fraction of sp³-hybridized carbons (Fsp3) is 0.400. The minimum Gasteiger partial charge on any atom is -0.370 e. The first-order valence-corrected chi connectivity index (χ1v) is 4.44. The highest BCUT2D eigenvalue weighted by Gasteiger charge is 2.47. The van der Waals surface area contributed by atoms with Crippen molar-refractivity contribution >= 4 is 5.69 Å². The first-order valence-electron chi connectivity index (χ1n) is 4.44. The van der Waals surface area contributed by atoms with Crippen molar-refractivity contribution in [3.63, 3.8) is 0 Å². The van der Waals surface area contributed by atoms with Gasteiger partial charge in [0, 0.05) is 18.8 Å². The van der Waals surface area contributed by atoms with E-state index < -0.39 is 12.1 Å². The number of rotatable bonds is 1. The molecule has 0 atom stereocenters. The molecule has 0 bridgehead atoms. The van der Waals surface area contributed by atoms with Crippen molar-refractivity contribution in [2.45, 2.75) is 6.18 Å². The van der Waals surface area contributed by atoms with Crippen molar-refractivity contribution in [2.75, 3.05) is 18.0 Å². The molecule has 1 heterocycles. The number of hydrogen-bond donors (Lipinski definition) is 0. The number of anilines is 1. The average Bonchev–Trinajstić information content (AvgIpc) is 2.00. The lowest BCUT2D eigenvalue weighted by atomic mass is 9.99. The van der Waals surface area contributed by atoms with Gasteiger partial charge in [-0.3, -0.25) is 0 Å². The van der Waals surface area contributed by atoms with Gasteiger partial charge in [0.15, 0.2) is 0 Å². The van der Waals surface area contributed by atoms with E-state index in [1.165, 1.54) is 0 Å². The molecule has 1 aliphatic heterocycles. The van der Waals surface area contributed by atoms with Gasteiger partial charge in [0.1, 0.15) is 0 Å². The maximum Gasteiger partial charge on any atom is 0.395 e. The number of benzene rings is 1. The second kappa shape index (κ2) is 3.19. The highest BCUT2D eigenvalue weighted by atomic mass is 19.4. The Kier molecular flexibility index (Phi) is 2.13. The van der Waals surface area contributed by atoms with Crippen molar-refractivity contribution in [2.24, 2.45) is 5.92 Å². The van der Waals surface area contributed by atoms with E-state index in [0.717, 1.165) is 5.69 Å². The van der Waals surface area contributed by atoms with Crippen molar-refractivity contribution in [1.29, 1.82) is 0 Å². The summed E-state index contributed by atoms with van der Waals surface area (Å²) >= 11 is 0. The zero-order valence-electron chi connectivity index (χ0n) is 7.46. The Morgan fingerprint density at radius 2 is 1.64 bits per heavy atom. The van der Waals surface area contributed by atoms with Gasteiger partial charge < -0.3 is 4.90 Å². The SMILES string of the molecule is FC(F)(F)C1CN(c2ccccc2)C1. The fourth-order valence-corrected chi connectivity index (χ4v) is 1.54. The normalized spacial score (nSPS) is 18.1. The second-order valence-corrected chi connectivity index (χ2v) is 3.48. The van der Waals surface area contributed by atoms with Gasteiger partial charge in [-0.25, -0.2) is 0 Å². The first-order chi connectivity index (χ1) is 6.57. The molecule has 0 aliphatic carbocycles. The third kappa shape index (κ3) is 1.69. The fourth-order valence-electron chi connectivity index (χ4n) is 1.54. The van der Waals surface area contributed by atoms with Gasteiger partial charge in [0.2, 0.25) is 0 Å². The summed E-state index contributed by atoms with van der Waals surface area (Å²) in [4.78, 5) is 1.73. The summed E-state index contributed by atoms with van der Waals surface area (Å²) in [7, 11) is 0. The van der Waals surface area contributed by atoms with E-state index >= 15 is 0 Å². The molecule has 2 rings (SSSR count). The van der Waals surface area contributed by atoms with E-state index in [2.05, 4.69) is 0 Å². The molecule has 0 unspecified atom stereocenters. The Hall–Kier alpha value is -1.19. The molecule has 1 aliphatic rings. The molecule has 1 fully saturated rings. The predicted molar refractivity (Wildman–Crippen MR) is 48.2 cm³/mol. The summed E-state index contributed by atoms with van der Waals surface area (Å²) in [5.41, 5.74) is 0.869. The number of hydrogen-bond acceptors (Lipinski definition) is 1. The van der Waals surface area contributed by atoms with Crippen molar-refractivity contribution in [3.05, 3.63) is 30.3 Å². The number of halogens is 3. The van der Waals surface area contributed by atoms with Crippen LogP contribution in [0.4, 0.5) is 18.9 Å². The lowest BCUT2D eigenvalue weighted by molar-refractivity contribution is -0.180. The zero-order valence-corrected chi connectivity index (χ0v) is 7.46. The minimum atomic E-state index is -4.04. The standard InChI is InChI=1S/C10H10F3N/c11-10(12,13)8-6-14(7-8)9-4-2-1-3-5-9/h1-5,8H,6-7H2. The van der Waals surface area contributed by atoms with Gasteiger partial charge in [0.05, 0.1) is 5.92 Å². The van der Waals surface area contributed by atoms with Crippen molar-refractivity contribution in [3.8, 4) is 0 Å². The third-order valence-electron chi connectivity index (χ3n) is 2.47. The molecule has 0 spiro atoms. The van der Waals surface area contributed by atoms with Gasteiger partial charge in [-0.15, -0.1) is 0 Å². The van der Waals surface area contributed by atoms with Gasteiger partial charge in [-0.2, -0.15) is 13.2 Å². The number of para-hydroxylation sites is 1. The zero-order chi connectivity index (χ0) is 10.2. The van der Waals surface area contributed by atoms with E-state index in [-0.39, 0.29) is 13.1 Å². The van der Waals surface area contributed by atoms with Crippen LogP contribution in [0.15, 0.2) is 30.3 Å². The Balaban J connectivity index is 1.96. The van der Waals surface area contributed by atoms with E-state index in [0.29, 0.717) is 0 Å². The smallest absolute Gasteiger partial charge is 0.370 e. The molecule has 1 aromatic carbocycles. The third-order valence-corrected chi connectivity index (χ3v) is 2.47. The van der Waals surface area contributed by atoms with Crippen LogP contribution in [0.1, 0.15) is 0 Å². The summed E-state index contributed by atoms with van der Waals surface area (Å²) in [6.07, 6.45) is -4.04. The maximum absolute atomic E-state index is 12.2. The summed E-state index contributed by atoms with van der Waals surface area (Å²) < 4.78 is 36.5. The van der Waals surface area contributed by atoms with Crippen LogP contribution in [0, 0.1) is 5.92 Å². The monoisotopic (exact) mass is 201 g/mol. The molecular weight excluding hydrogens is 191 g/mol. The molecule has 0 N–H and O–H groups in total. The topological polar surface area (TPSA) is 3.24 Å². The summed E-state index contributed by atoms with van der Waals surface area (Å²) in [5.74, 6) is -1.15. The van der Waals surface area contributed by atoms with E-state index in [1.54, 1.807) is 4.90 Å². The lowest BCUT2D eigenvalue weighted by Crippen LogP contribution is -2.53. The van der Waals surface area contributed by atoms with Gasteiger partial charge in [-0.1, -0.05) is 18.2 Å². The molecule has 1 nitrogen and oxygen atoms in total. The Morgan fingerprint density at radius 3 is 2.14 bits per heavy atom. The molecule has 0 radical (unpaired) electrons. The van der Waals surface area contributed by atoms with Gasteiger partial charge in [-0.05, 0) is 12.1 Å². The van der Waals surface area contributed by atoms with Crippen LogP contribution in [0.2, 0.25) is 0 Å². The van der Waals surface area contributed by atoms with Crippen LogP contribution < -0.4 is 4.90 Å². The number of nitrogens with zero attached hydrogens (tertiary/aromatic N) is 1. The number of alkyl halides is 3. The van der Waals surface area contributed by atoms with Crippen LogP contribution in [-0.4, -0.2) is 19.3 Å². The summed E-state index contributed by atoms with van der Waals surface area (Å²) in [6, 6.07) is 9.16. The van der Waals surface area contributed by atoms with Gasteiger partial charge in [0.25, 0.3) is 0 Å².